The largest absolute Gasteiger partial charge is 0.478 e. The molecule has 0 saturated carbocycles. The number of fused-ring (bicyclic) bond motifs is 2. The van der Waals surface area contributed by atoms with Gasteiger partial charge in [-0.05, 0) is 72.7 Å². The standard InChI is InChI=1S/C32H29FN2O3/c1-3-38-16-13-21(2)20-35-15-12-25-17-24(28(33)19-30(25)35)9-8-23-5-4-6-27(32(36)37)31(23)26-10-7-22-11-14-34-29(22)18-26/h4-7,10-12,14-15,17-19,21,34H,3,13,16,20H2,1-2H3,(H,36,37). The average Bonchev–Trinajstić information content (AvgIpc) is 3.53. The summed E-state index contributed by atoms with van der Waals surface area (Å²) in [7, 11) is 0. The van der Waals surface area contributed by atoms with Crippen LogP contribution < -0.4 is 0 Å². The summed E-state index contributed by atoms with van der Waals surface area (Å²) in [4.78, 5) is 15.2. The Morgan fingerprint density at radius 2 is 1.92 bits per heavy atom. The van der Waals surface area contributed by atoms with Gasteiger partial charge < -0.3 is 19.4 Å². The van der Waals surface area contributed by atoms with Gasteiger partial charge in [-0.15, -0.1) is 0 Å². The predicted octanol–water partition coefficient (Wildman–Crippen LogP) is 7.09. The van der Waals surface area contributed by atoms with E-state index < -0.39 is 11.8 Å². The van der Waals surface area contributed by atoms with Crippen molar-refractivity contribution in [1.29, 1.82) is 0 Å². The Labute approximate surface area is 220 Å². The maximum atomic E-state index is 15.2. The number of carbonyl (C=O) groups is 1. The monoisotopic (exact) mass is 508 g/mol. The highest BCUT2D eigenvalue weighted by Gasteiger charge is 2.16. The first-order valence-electron chi connectivity index (χ1n) is 12.8. The molecule has 0 aliphatic carbocycles. The van der Waals surface area contributed by atoms with Crippen LogP contribution in [0, 0.1) is 23.6 Å². The molecule has 2 heterocycles. The highest BCUT2D eigenvalue weighted by atomic mass is 19.1. The van der Waals surface area contributed by atoms with Gasteiger partial charge in [-0.25, -0.2) is 9.18 Å². The van der Waals surface area contributed by atoms with Crippen LogP contribution in [-0.4, -0.2) is 33.8 Å². The number of benzene rings is 3. The molecule has 1 unspecified atom stereocenters. The number of rotatable bonds is 8. The third-order valence-electron chi connectivity index (χ3n) is 6.80. The normalized spacial score (nSPS) is 12.0. The van der Waals surface area contributed by atoms with E-state index >= 15 is 4.39 Å². The summed E-state index contributed by atoms with van der Waals surface area (Å²) >= 11 is 0. The number of nitrogens with one attached hydrogen (secondary N) is 1. The smallest absolute Gasteiger partial charge is 0.336 e. The van der Waals surface area contributed by atoms with Gasteiger partial charge in [-0.3, -0.25) is 0 Å². The van der Waals surface area contributed by atoms with Gasteiger partial charge in [0, 0.05) is 54.2 Å². The number of carboxylic acids is 1. The molecule has 2 N–H and O–H groups in total. The first kappa shape index (κ1) is 25.3. The molecule has 0 radical (unpaired) electrons. The lowest BCUT2D eigenvalue weighted by Gasteiger charge is -2.13. The van der Waals surface area contributed by atoms with Crippen molar-refractivity contribution in [3.8, 4) is 23.0 Å². The van der Waals surface area contributed by atoms with Crippen LogP contribution in [0.15, 0.2) is 73.1 Å². The molecule has 5 aromatic rings. The van der Waals surface area contributed by atoms with Crippen LogP contribution in [0.3, 0.4) is 0 Å². The summed E-state index contributed by atoms with van der Waals surface area (Å²) in [5, 5.41) is 11.8. The molecule has 0 aliphatic rings. The molecule has 1 atom stereocenters. The number of aromatic nitrogens is 2. The van der Waals surface area contributed by atoms with E-state index in [2.05, 4.69) is 28.3 Å². The van der Waals surface area contributed by atoms with Gasteiger partial charge >= 0.3 is 5.97 Å². The lowest BCUT2D eigenvalue weighted by Crippen LogP contribution is -2.09. The van der Waals surface area contributed by atoms with Gasteiger partial charge in [0.1, 0.15) is 5.82 Å². The van der Waals surface area contributed by atoms with Crippen molar-refractivity contribution in [2.45, 2.75) is 26.8 Å². The quantitative estimate of drug-likeness (QED) is 0.174. The lowest BCUT2D eigenvalue weighted by atomic mass is 9.93. The minimum absolute atomic E-state index is 0.147. The van der Waals surface area contributed by atoms with E-state index in [0.29, 0.717) is 23.7 Å². The Morgan fingerprint density at radius 3 is 2.74 bits per heavy atom. The van der Waals surface area contributed by atoms with Crippen molar-refractivity contribution in [1.82, 2.24) is 9.55 Å². The van der Waals surface area contributed by atoms with E-state index in [1.165, 1.54) is 6.07 Å². The second-order valence-electron chi connectivity index (χ2n) is 9.51. The molecular weight excluding hydrogens is 479 g/mol. The highest BCUT2D eigenvalue weighted by molar-refractivity contribution is 5.99. The number of aromatic carboxylic acids is 1. The van der Waals surface area contributed by atoms with Crippen molar-refractivity contribution in [2.75, 3.05) is 13.2 Å². The van der Waals surface area contributed by atoms with Crippen LogP contribution in [0.4, 0.5) is 4.39 Å². The van der Waals surface area contributed by atoms with Crippen LogP contribution in [0.1, 0.15) is 41.8 Å². The Kier molecular flexibility index (Phi) is 7.30. The van der Waals surface area contributed by atoms with Crippen molar-refractivity contribution in [3.05, 3.63) is 95.6 Å². The Hall–Kier alpha value is -4.34. The Bertz CT molecular complexity index is 1690. The predicted molar refractivity (Wildman–Crippen MR) is 149 cm³/mol. The molecule has 0 fully saturated rings. The number of H-pyrrole nitrogens is 1. The zero-order valence-electron chi connectivity index (χ0n) is 21.4. The number of hydrogen-bond acceptors (Lipinski definition) is 2. The van der Waals surface area contributed by atoms with E-state index in [4.69, 9.17) is 4.74 Å². The van der Waals surface area contributed by atoms with Crippen LogP contribution in [0.25, 0.3) is 32.9 Å². The average molecular weight is 509 g/mol. The van der Waals surface area contributed by atoms with E-state index in [1.54, 1.807) is 24.3 Å². The molecule has 0 bridgehead atoms. The zero-order chi connectivity index (χ0) is 26.6. The van der Waals surface area contributed by atoms with E-state index in [-0.39, 0.29) is 11.1 Å². The minimum atomic E-state index is -1.04. The summed E-state index contributed by atoms with van der Waals surface area (Å²) in [6.45, 7) is 6.35. The molecule has 0 spiro atoms. The van der Waals surface area contributed by atoms with Gasteiger partial charge in [0.15, 0.2) is 0 Å². The molecular formula is C32H29FN2O3. The fourth-order valence-corrected chi connectivity index (χ4v) is 4.81. The van der Waals surface area contributed by atoms with E-state index in [0.717, 1.165) is 46.9 Å². The van der Waals surface area contributed by atoms with Gasteiger partial charge in [0.05, 0.1) is 16.6 Å². The molecule has 5 rings (SSSR count). The first-order chi connectivity index (χ1) is 18.4. The molecule has 2 aromatic heterocycles. The molecule has 192 valence electrons. The highest BCUT2D eigenvalue weighted by Crippen LogP contribution is 2.30. The van der Waals surface area contributed by atoms with Crippen LogP contribution >= 0.6 is 0 Å². The number of carboxylic acid groups (broad SMARTS) is 1. The van der Waals surface area contributed by atoms with Crippen molar-refractivity contribution >= 4 is 27.8 Å². The van der Waals surface area contributed by atoms with Gasteiger partial charge in [-0.2, -0.15) is 0 Å². The topological polar surface area (TPSA) is 67.2 Å². The summed E-state index contributed by atoms with van der Waals surface area (Å²) in [5.74, 6) is 4.96. The fraction of sp³-hybridized carbons (Fsp3) is 0.219. The van der Waals surface area contributed by atoms with E-state index in [1.807, 2.05) is 49.6 Å². The summed E-state index contributed by atoms with van der Waals surface area (Å²) in [5.41, 5.74) is 3.90. The molecule has 3 aromatic carbocycles. The fourth-order valence-electron chi connectivity index (χ4n) is 4.81. The number of halogens is 1. The summed E-state index contributed by atoms with van der Waals surface area (Å²) in [6, 6.07) is 17.9. The van der Waals surface area contributed by atoms with Crippen molar-refractivity contribution in [3.63, 3.8) is 0 Å². The number of hydrogen-bond donors (Lipinski definition) is 2. The van der Waals surface area contributed by atoms with Gasteiger partial charge in [-0.1, -0.05) is 37.0 Å². The zero-order valence-corrected chi connectivity index (χ0v) is 21.4. The number of aromatic amines is 1. The summed E-state index contributed by atoms with van der Waals surface area (Å²) < 4.78 is 22.7. The van der Waals surface area contributed by atoms with Gasteiger partial charge in [0.2, 0.25) is 0 Å². The maximum absolute atomic E-state index is 15.2. The molecule has 5 nitrogen and oxygen atoms in total. The second kappa shape index (κ2) is 11.0. The second-order valence-corrected chi connectivity index (χ2v) is 9.51. The maximum Gasteiger partial charge on any atom is 0.336 e. The molecule has 6 heteroatoms. The van der Waals surface area contributed by atoms with Crippen LogP contribution in [0.5, 0.6) is 0 Å². The van der Waals surface area contributed by atoms with Crippen LogP contribution in [0.2, 0.25) is 0 Å². The Morgan fingerprint density at radius 1 is 1.08 bits per heavy atom. The third kappa shape index (κ3) is 5.20. The molecule has 0 amide bonds. The lowest BCUT2D eigenvalue weighted by molar-refractivity contribution is 0.0697. The number of ether oxygens (including phenoxy) is 1. The van der Waals surface area contributed by atoms with Crippen molar-refractivity contribution in [2.24, 2.45) is 5.92 Å². The Balaban J connectivity index is 1.50. The minimum Gasteiger partial charge on any atom is -0.478 e. The molecule has 0 aliphatic heterocycles. The SMILES string of the molecule is CCOCCC(C)Cn1ccc2cc(C#Cc3cccc(C(=O)O)c3-c3ccc4cc[nH]c4c3)c(F)cc21. The van der Waals surface area contributed by atoms with Gasteiger partial charge in [0.25, 0.3) is 0 Å². The first-order valence-corrected chi connectivity index (χ1v) is 12.8. The number of nitrogens with zero attached hydrogens (tertiary/aromatic N) is 1. The van der Waals surface area contributed by atoms with Crippen molar-refractivity contribution < 1.29 is 19.0 Å². The molecule has 0 saturated heterocycles. The third-order valence-corrected chi connectivity index (χ3v) is 6.80. The molecule has 38 heavy (non-hydrogen) atoms. The summed E-state index contributed by atoms with van der Waals surface area (Å²) in [6.07, 6.45) is 4.75. The van der Waals surface area contributed by atoms with E-state index in [9.17, 15) is 9.90 Å². The van der Waals surface area contributed by atoms with Crippen LogP contribution in [-0.2, 0) is 11.3 Å².